The van der Waals surface area contributed by atoms with Gasteiger partial charge in [0.05, 0.1) is 12.7 Å². The predicted molar refractivity (Wildman–Crippen MR) is 74.1 cm³/mol. The second kappa shape index (κ2) is 6.05. The molecule has 1 saturated heterocycles. The fourth-order valence-corrected chi connectivity index (χ4v) is 2.95. The van der Waals surface area contributed by atoms with Crippen LogP contribution in [0.4, 0.5) is 13.2 Å². The van der Waals surface area contributed by atoms with Crippen molar-refractivity contribution in [2.24, 2.45) is 11.3 Å². The molecule has 21 heavy (non-hydrogen) atoms. The van der Waals surface area contributed by atoms with Gasteiger partial charge in [0.1, 0.15) is 6.61 Å². The molecule has 1 N–H and O–H groups in total. The van der Waals surface area contributed by atoms with Crippen LogP contribution in [0.5, 0.6) is 0 Å². The Morgan fingerprint density at radius 3 is 2.43 bits per heavy atom. The summed E-state index contributed by atoms with van der Waals surface area (Å²) >= 11 is 0. The first-order valence-corrected chi connectivity index (χ1v) is 7.62. The molecule has 0 amide bonds. The average molecular weight is 309 g/mol. The van der Waals surface area contributed by atoms with Crippen molar-refractivity contribution in [1.29, 1.82) is 0 Å². The van der Waals surface area contributed by atoms with Crippen molar-refractivity contribution < 1.29 is 22.6 Å². The lowest BCUT2D eigenvalue weighted by molar-refractivity contribution is -0.183. The molecule has 2 unspecified atom stereocenters. The lowest BCUT2D eigenvalue weighted by Crippen LogP contribution is -2.50. The summed E-state index contributed by atoms with van der Waals surface area (Å²) in [6.45, 7) is 6.34. The molecule has 124 valence electrons. The zero-order valence-corrected chi connectivity index (χ0v) is 13.1. The molecule has 2 fully saturated rings. The van der Waals surface area contributed by atoms with E-state index in [0.29, 0.717) is 19.1 Å². The van der Waals surface area contributed by atoms with Gasteiger partial charge in [0, 0.05) is 24.1 Å². The summed E-state index contributed by atoms with van der Waals surface area (Å²) in [6, 6.07) is 0. The fourth-order valence-electron chi connectivity index (χ4n) is 2.95. The molecule has 0 aromatic rings. The van der Waals surface area contributed by atoms with Crippen LogP contribution in [0.15, 0.2) is 0 Å². The van der Waals surface area contributed by atoms with Crippen molar-refractivity contribution in [3.63, 3.8) is 0 Å². The van der Waals surface area contributed by atoms with E-state index in [2.05, 4.69) is 26.1 Å². The van der Waals surface area contributed by atoms with Gasteiger partial charge in [-0.25, -0.2) is 0 Å². The molecule has 0 aromatic carbocycles. The van der Waals surface area contributed by atoms with E-state index < -0.39 is 12.8 Å². The maximum Gasteiger partial charge on any atom is 0.411 e. The zero-order valence-electron chi connectivity index (χ0n) is 13.1. The van der Waals surface area contributed by atoms with Crippen molar-refractivity contribution in [3.8, 4) is 0 Å². The van der Waals surface area contributed by atoms with Gasteiger partial charge >= 0.3 is 6.18 Å². The van der Waals surface area contributed by atoms with Crippen LogP contribution in [0.2, 0.25) is 0 Å². The van der Waals surface area contributed by atoms with Crippen LogP contribution in [-0.4, -0.2) is 44.2 Å². The normalized spacial score (nSPS) is 30.9. The van der Waals surface area contributed by atoms with Gasteiger partial charge in [-0.2, -0.15) is 13.2 Å². The number of hydrogen-bond acceptors (Lipinski definition) is 3. The van der Waals surface area contributed by atoms with Gasteiger partial charge < -0.3 is 14.8 Å². The minimum absolute atomic E-state index is 0.0283. The fraction of sp³-hybridized carbons (Fsp3) is 1.00. The molecule has 0 bridgehead atoms. The summed E-state index contributed by atoms with van der Waals surface area (Å²) in [4.78, 5) is 0. The molecule has 1 aliphatic heterocycles. The third-order valence-electron chi connectivity index (χ3n) is 4.18. The molecule has 0 radical (unpaired) electrons. The number of nitrogens with one attached hydrogen (secondary N) is 1. The maximum absolute atomic E-state index is 12.3. The average Bonchev–Trinajstić information content (AvgIpc) is 3.07. The highest BCUT2D eigenvalue weighted by Crippen LogP contribution is 2.48. The monoisotopic (exact) mass is 309 g/mol. The minimum Gasteiger partial charge on any atom is -0.377 e. The number of rotatable bonds is 6. The summed E-state index contributed by atoms with van der Waals surface area (Å²) < 4.78 is 47.8. The molecule has 2 rings (SSSR count). The van der Waals surface area contributed by atoms with Gasteiger partial charge in [0.25, 0.3) is 0 Å². The SMILES string of the molecule is CC(C)(C)NCC1(COCC(F)(F)F)CCOC1C1CC1. The van der Waals surface area contributed by atoms with Crippen LogP contribution >= 0.6 is 0 Å². The van der Waals surface area contributed by atoms with Gasteiger partial charge in [-0.3, -0.25) is 0 Å². The van der Waals surface area contributed by atoms with Crippen LogP contribution in [0.3, 0.4) is 0 Å². The Bertz CT molecular complexity index is 350. The second-order valence-corrected chi connectivity index (χ2v) is 7.45. The van der Waals surface area contributed by atoms with E-state index in [4.69, 9.17) is 9.47 Å². The predicted octanol–water partition coefficient (Wildman–Crippen LogP) is 3.14. The summed E-state index contributed by atoms with van der Waals surface area (Å²) in [5, 5.41) is 3.42. The third-order valence-corrected chi connectivity index (χ3v) is 4.18. The number of ether oxygens (including phenoxy) is 2. The molecule has 2 atom stereocenters. The first-order valence-electron chi connectivity index (χ1n) is 7.62. The number of halogens is 3. The van der Waals surface area contributed by atoms with Crippen LogP contribution in [0.1, 0.15) is 40.0 Å². The topological polar surface area (TPSA) is 30.5 Å². The Morgan fingerprint density at radius 2 is 1.90 bits per heavy atom. The van der Waals surface area contributed by atoms with Crippen LogP contribution in [-0.2, 0) is 9.47 Å². The lowest BCUT2D eigenvalue weighted by atomic mass is 9.79. The van der Waals surface area contributed by atoms with E-state index in [-0.39, 0.29) is 23.7 Å². The lowest BCUT2D eigenvalue weighted by Gasteiger charge is -2.37. The molecule has 0 spiro atoms. The van der Waals surface area contributed by atoms with E-state index in [0.717, 1.165) is 19.3 Å². The molecule has 0 aromatic heterocycles. The third kappa shape index (κ3) is 5.11. The molecule has 3 nitrogen and oxygen atoms in total. The Hall–Kier alpha value is -0.330. The maximum atomic E-state index is 12.3. The van der Waals surface area contributed by atoms with Crippen molar-refractivity contribution in [3.05, 3.63) is 0 Å². The number of hydrogen-bond donors (Lipinski definition) is 1. The molecular weight excluding hydrogens is 283 g/mol. The van der Waals surface area contributed by atoms with Crippen molar-refractivity contribution in [1.82, 2.24) is 5.32 Å². The van der Waals surface area contributed by atoms with Crippen LogP contribution in [0, 0.1) is 11.3 Å². The van der Waals surface area contributed by atoms with Gasteiger partial charge in [-0.15, -0.1) is 0 Å². The smallest absolute Gasteiger partial charge is 0.377 e. The van der Waals surface area contributed by atoms with Crippen molar-refractivity contribution >= 4 is 0 Å². The Labute approximate surface area is 124 Å². The van der Waals surface area contributed by atoms with Crippen molar-refractivity contribution in [2.75, 3.05) is 26.4 Å². The Balaban J connectivity index is 1.99. The highest BCUT2D eigenvalue weighted by Gasteiger charge is 2.51. The molecule has 2 aliphatic rings. The van der Waals surface area contributed by atoms with Crippen molar-refractivity contribution in [2.45, 2.75) is 57.9 Å². The first kappa shape index (κ1) is 17.0. The molecule has 1 saturated carbocycles. The van der Waals surface area contributed by atoms with Gasteiger partial charge in [0.15, 0.2) is 0 Å². The van der Waals surface area contributed by atoms with Gasteiger partial charge in [-0.05, 0) is 46.0 Å². The molecular formula is C15H26F3NO2. The second-order valence-electron chi connectivity index (χ2n) is 7.45. The number of alkyl halides is 3. The Kier molecular flexibility index (Phi) is 4.90. The van der Waals surface area contributed by atoms with E-state index in [1.807, 2.05) is 0 Å². The quantitative estimate of drug-likeness (QED) is 0.817. The first-order chi connectivity index (χ1) is 9.61. The summed E-state index contributed by atoms with van der Waals surface area (Å²) in [5.74, 6) is 0.490. The van der Waals surface area contributed by atoms with Crippen LogP contribution < -0.4 is 5.32 Å². The molecule has 1 heterocycles. The van der Waals surface area contributed by atoms with Gasteiger partial charge in [0.2, 0.25) is 0 Å². The van der Waals surface area contributed by atoms with E-state index >= 15 is 0 Å². The largest absolute Gasteiger partial charge is 0.411 e. The Morgan fingerprint density at radius 1 is 1.24 bits per heavy atom. The zero-order chi connectivity index (χ0) is 15.7. The summed E-state index contributed by atoms with van der Waals surface area (Å²) in [7, 11) is 0. The van der Waals surface area contributed by atoms with E-state index in [1.165, 1.54) is 0 Å². The standard InChI is InChI=1S/C15H26F3NO2/c1-13(2,3)19-8-14(9-20-10-15(16,17)18)6-7-21-12(14)11-4-5-11/h11-12,19H,4-10H2,1-3H3. The van der Waals surface area contributed by atoms with Gasteiger partial charge in [-0.1, -0.05) is 0 Å². The van der Waals surface area contributed by atoms with Crippen LogP contribution in [0.25, 0.3) is 0 Å². The van der Waals surface area contributed by atoms with E-state index in [9.17, 15) is 13.2 Å². The van der Waals surface area contributed by atoms with E-state index in [1.54, 1.807) is 0 Å². The summed E-state index contributed by atoms with van der Waals surface area (Å²) in [5.41, 5.74) is -0.409. The highest BCUT2D eigenvalue weighted by atomic mass is 19.4. The summed E-state index contributed by atoms with van der Waals surface area (Å²) in [6.07, 6.45) is -1.26. The molecule has 6 heteroatoms. The minimum atomic E-state index is -4.27. The highest BCUT2D eigenvalue weighted by molar-refractivity contribution is 5.01. The molecule has 1 aliphatic carbocycles.